The third-order valence-electron chi connectivity index (χ3n) is 3.76. The van der Waals surface area contributed by atoms with Gasteiger partial charge in [0.25, 0.3) is 0 Å². The Morgan fingerprint density at radius 3 is 2.55 bits per heavy atom. The summed E-state index contributed by atoms with van der Waals surface area (Å²) in [6.07, 6.45) is 2.81. The van der Waals surface area contributed by atoms with Crippen molar-refractivity contribution in [1.29, 1.82) is 0 Å². The maximum atomic E-state index is 12.0. The quantitative estimate of drug-likeness (QED) is 0.665. The van der Waals surface area contributed by atoms with Gasteiger partial charge in [0.05, 0.1) is 6.54 Å². The molecule has 1 aliphatic rings. The van der Waals surface area contributed by atoms with Crippen LogP contribution >= 0.6 is 0 Å². The lowest BCUT2D eigenvalue weighted by Gasteiger charge is -2.19. The van der Waals surface area contributed by atoms with Gasteiger partial charge >= 0.3 is 0 Å². The van der Waals surface area contributed by atoms with Crippen LogP contribution in [0, 0.1) is 0 Å². The number of carbonyl (C=O) groups is 1. The number of likely N-dealkylation sites (tertiary alicyclic amines) is 1. The number of benzene rings is 1. The van der Waals surface area contributed by atoms with Gasteiger partial charge in [0.2, 0.25) is 5.91 Å². The largest absolute Gasteiger partial charge is 0.356 e. The first kappa shape index (κ1) is 16.3. The van der Waals surface area contributed by atoms with E-state index in [0.717, 1.165) is 31.9 Å². The Hall–Kier alpha value is -2.04. The summed E-state index contributed by atoms with van der Waals surface area (Å²) < 4.78 is 0. The minimum atomic E-state index is 0.242. The second kappa shape index (κ2) is 8.41. The molecule has 1 aromatic rings. The highest BCUT2D eigenvalue weighted by Gasteiger charge is 2.17. The maximum absolute atomic E-state index is 12.0. The molecule has 1 amide bonds. The second-order valence-electron chi connectivity index (χ2n) is 5.78. The molecule has 0 bridgehead atoms. The Labute approximate surface area is 133 Å². The monoisotopic (exact) mass is 302 g/mol. The molecule has 0 radical (unpaired) electrons. The van der Waals surface area contributed by atoms with Crippen molar-refractivity contribution in [3.05, 3.63) is 35.9 Å². The highest BCUT2D eigenvalue weighted by atomic mass is 16.2. The van der Waals surface area contributed by atoms with E-state index < -0.39 is 0 Å². The van der Waals surface area contributed by atoms with Crippen molar-refractivity contribution in [3.63, 3.8) is 0 Å². The molecular formula is C17H26N4O. The van der Waals surface area contributed by atoms with Gasteiger partial charge < -0.3 is 15.1 Å². The summed E-state index contributed by atoms with van der Waals surface area (Å²) in [6.45, 7) is 3.10. The lowest BCUT2D eigenvalue weighted by molar-refractivity contribution is -0.129. The molecule has 1 fully saturated rings. The molecule has 22 heavy (non-hydrogen) atoms. The lowest BCUT2D eigenvalue weighted by Crippen LogP contribution is -2.39. The Morgan fingerprint density at radius 1 is 1.23 bits per heavy atom. The Bertz CT molecular complexity index is 493. The zero-order valence-corrected chi connectivity index (χ0v) is 13.6. The van der Waals surface area contributed by atoms with Gasteiger partial charge in [-0.1, -0.05) is 30.3 Å². The van der Waals surface area contributed by atoms with Crippen LogP contribution in [0.2, 0.25) is 0 Å². The molecule has 1 aromatic carbocycles. The van der Waals surface area contributed by atoms with Crippen LogP contribution in [0.3, 0.4) is 0 Å². The summed E-state index contributed by atoms with van der Waals surface area (Å²) in [4.78, 5) is 20.5. The number of rotatable bonds is 5. The fourth-order valence-corrected chi connectivity index (χ4v) is 2.51. The molecule has 0 unspecified atom stereocenters. The molecule has 1 saturated heterocycles. The van der Waals surface area contributed by atoms with Crippen LogP contribution in [-0.2, 0) is 11.3 Å². The maximum Gasteiger partial charge on any atom is 0.224 e. The zero-order chi connectivity index (χ0) is 15.8. The van der Waals surface area contributed by atoms with E-state index in [4.69, 9.17) is 0 Å². The van der Waals surface area contributed by atoms with Crippen LogP contribution in [0.15, 0.2) is 35.3 Å². The Morgan fingerprint density at radius 2 is 1.91 bits per heavy atom. The Balaban J connectivity index is 1.80. The molecule has 2 rings (SSSR count). The molecule has 120 valence electrons. The lowest BCUT2D eigenvalue weighted by atomic mass is 10.2. The molecular weight excluding hydrogens is 276 g/mol. The molecule has 0 aromatic heterocycles. The van der Waals surface area contributed by atoms with E-state index in [2.05, 4.69) is 22.4 Å². The highest BCUT2D eigenvalue weighted by Crippen LogP contribution is 2.08. The van der Waals surface area contributed by atoms with Crippen LogP contribution in [0.1, 0.15) is 24.8 Å². The molecule has 5 heteroatoms. The molecule has 1 aliphatic heterocycles. The van der Waals surface area contributed by atoms with Gasteiger partial charge in [-0.15, -0.1) is 0 Å². The number of guanidine groups is 1. The first-order chi connectivity index (χ1) is 10.7. The van der Waals surface area contributed by atoms with E-state index in [1.54, 1.807) is 0 Å². The number of hydrogen-bond acceptors (Lipinski definition) is 2. The number of nitrogens with one attached hydrogen (secondary N) is 1. The molecule has 0 aliphatic carbocycles. The van der Waals surface area contributed by atoms with E-state index in [1.165, 1.54) is 5.56 Å². The van der Waals surface area contributed by atoms with E-state index in [-0.39, 0.29) is 5.91 Å². The fraction of sp³-hybridized carbons (Fsp3) is 0.529. The van der Waals surface area contributed by atoms with Crippen LogP contribution in [0.25, 0.3) is 0 Å². The minimum Gasteiger partial charge on any atom is -0.356 e. The normalized spacial score (nSPS) is 15.0. The van der Waals surface area contributed by atoms with Crippen molar-refractivity contribution in [2.75, 3.05) is 33.7 Å². The van der Waals surface area contributed by atoms with Gasteiger partial charge in [-0.2, -0.15) is 0 Å². The van der Waals surface area contributed by atoms with Crippen molar-refractivity contribution in [2.45, 2.75) is 25.8 Å². The van der Waals surface area contributed by atoms with E-state index in [9.17, 15) is 4.79 Å². The summed E-state index contributed by atoms with van der Waals surface area (Å²) in [5.74, 6) is 1.06. The van der Waals surface area contributed by atoms with Crippen LogP contribution < -0.4 is 5.32 Å². The number of hydrogen-bond donors (Lipinski definition) is 1. The minimum absolute atomic E-state index is 0.242. The first-order valence-electron chi connectivity index (χ1n) is 7.94. The standard InChI is InChI=1S/C17H26N4O/c1-20(2)17(19-14-15-8-4-3-5-9-15)18-11-10-16(22)21-12-6-7-13-21/h3-5,8-9H,6-7,10-14H2,1-2H3,(H,18,19). The van der Waals surface area contributed by atoms with E-state index >= 15 is 0 Å². The summed E-state index contributed by atoms with van der Waals surface area (Å²) in [5, 5.41) is 3.27. The fourth-order valence-electron chi connectivity index (χ4n) is 2.51. The summed E-state index contributed by atoms with van der Waals surface area (Å²) in [5.41, 5.74) is 1.18. The number of amides is 1. The van der Waals surface area contributed by atoms with Crippen molar-refractivity contribution >= 4 is 11.9 Å². The van der Waals surface area contributed by atoms with Crippen molar-refractivity contribution in [1.82, 2.24) is 15.1 Å². The van der Waals surface area contributed by atoms with Gasteiger partial charge in [0.15, 0.2) is 5.96 Å². The van der Waals surface area contributed by atoms with Crippen LogP contribution in [0.4, 0.5) is 0 Å². The van der Waals surface area contributed by atoms with E-state index in [0.29, 0.717) is 19.5 Å². The zero-order valence-electron chi connectivity index (χ0n) is 13.6. The smallest absolute Gasteiger partial charge is 0.224 e. The third-order valence-corrected chi connectivity index (χ3v) is 3.76. The van der Waals surface area contributed by atoms with E-state index in [1.807, 2.05) is 42.1 Å². The first-order valence-corrected chi connectivity index (χ1v) is 7.94. The van der Waals surface area contributed by atoms with Crippen molar-refractivity contribution < 1.29 is 4.79 Å². The average Bonchev–Trinajstić information content (AvgIpc) is 3.05. The molecule has 1 N–H and O–H groups in total. The number of nitrogens with zero attached hydrogens (tertiary/aromatic N) is 3. The number of carbonyl (C=O) groups excluding carboxylic acids is 1. The van der Waals surface area contributed by atoms with Gasteiger partial charge in [-0.3, -0.25) is 4.79 Å². The van der Waals surface area contributed by atoms with Crippen molar-refractivity contribution in [3.8, 4) is 0 Å². The molecule has 5 nitrogen and oxygen atoms in total. The molecule has 0 spiro atoms. The topological polar surface area (TPSA) is 47.9 Å². The predicted molar refractivity (Wildman–Crippen MR) is 89.7 cm³/mol. The van der Waals surface area contributed by atoms with Gasteiger partial charge in [0.1, 0.15) is 0 Å². The summed E-state index contributed by atoms with van der Waals surface area (Å²) >= 11 is 0. The molecule has 1 heterocycles. The predicted octanol–water partition coefficient (Wildman–Crippen LogP) is 1.71. The van der Waals surface area contributed by atoms with Crippen LogP contribution in [0.5, 0.6) is 0 Å². The average molecular weight is 302 g/mol. The third kappa shape index (κ3) is 5.06. The molecule has 0 saturated carbocycles. The Kier molecular flexibility index (Phi) is 6.25. The number of aliphatic imine (C=N–C) groups is 1. The second-order valence-corrected chi connectivity index (χ2v) is 5.78. The molecule has 0 atom stereocenters. The summed E-state index contributed by atoms with van der Waals surface area (Å²) in [6, 6.07) is 10.2. The SMILES string of the molecule is CN(C)C(=NCc1ccccc1)NCCC(=O)N1CCCC1. The van der Waals surface area contributed by atoms with Gasteiger partial charge in [-0.05, 0) is 18.4 Å². The van der Waals surface area contributed by atoms with Crippen LogP contribution in [-0.4, -0.2) is 55.4 Å². The van der Waals surface area contributed by atoms with Crippen molar-refractivity contribution in [2.24, 2.45) is 4.99 Å². The van der Waals surface area contributed by atoms with Gasteiger partial charge in [-0.25, -0.2) is 4.99 Å². The van der Waals surface area contributed by atoms with Gasteiger partial charge in [0, 0.05) is 40.2 Å². The summed E-state index contributed by atoms with van der Waals surface area (Å²) in [7, 11) is 3.91. The highest BCUT2D eigenvalue weighted by molar-refractivity contribution is 5.81.